The molecule has 1 saturated heterocycles. The zero-order valence-corrected chi connectivity index (χ0v) is 12.7. The highest BCUT2D eigenvalue weighted by molar-refractivity contribution is 5.81. The summed E-state index contributed by atoms with van der Waals surface area (Å²) in [6, 6.07) is 0.0850. The van der Waals surface area contributed by atoms with Gasteiger partial charge < -0.3 is 19.7 Å². The Morgan fingerprint density at radius 3 is 2.43 bits per heavy atom. The van der Waals surface area contributed by atoms with Gasteiger partial charge in [0.05, 0.1) is 13.0 Å². The average molecular weight is 300 g/mol. The summed E-state index contributed by atoms with van der Waals surface area (Å²) in [5, 5.41) is 2.87. The second kappa shape index (κ2) is 9.33. The quantitative estimate of drug-likeness (QED) is 0.673. The second-order valence-corrected chi connectivity index (χ2v) is 4.96. The zero-order chi connectivity index (χ0) is 15.7. The van der Waals surface area contributed by atoms with Crippen molar-refractivity contribution in [3.05, 3.63) is 0 Å². The molecule has 0 aromatic heterocycles. The standard InChI is InChI=1S/C14H24N2O5/c1-3-21-14(19)5-4-13(18)16-8-6-11(7-9-16)15-12(17)10-20-2/h11H,3-10H2,1-2H3,(H,15,17). The highest BCUT2D eigenvalue weighted by atomic mass is 16.5. The van der Waals surface area contributed by atoms with Crippen LogP contribution in [0, 0.1) is 0 Å². The Morgan fingerprint density at radius 2 is 1.86 bits per heavy atom. The minimum atomic E-state index is -0.340. The highest BCUT2D eigenvalue weighted by Gasteiger charge is 2.24. The van der Waals surface area contributed by atoms with E-state index in [-0.39, 0.29) is 43.3 Å². The van der Waals surface area contributed by atoms with E-state index in [0.717, 1.165) is 12.8 Å². The van der Waals surface area contributed by atoms with E-state index in [1.165, 1.54) is 7.11 Å². The van der Waals surface area contributed by atoms with Gasteiger partial charge in [0.15, 0.2) is 0 Å². The van der Waals surface area contributed by atoms with Gasteiger partial charge >= 0.3 is 5.97 Å². The van der Waals surface area contributed by atoms with Gasteiger partial charge in [-0.25, -0.2) is 0 Å². The van der Waals surface area contributed by atoms with Gasteiger partial charge in [-0.05, 0) is 19.8 Å². The van der Waals surface area contributed by atoms with E-state index in [0.29, 0.717) is 19.7 Å². The maximum atomic E-state index is 11.9. The monoisotopic (exact) mass is 300 g/mol. The smallest absolute Gasteiger partial charge is 0.306 e. The Labute approximate surface area is 124 Å². The lowest BCUT2D eigenvalue weighted by atomic mass is 10.0. The molecule has 1 fully saturated rings. The maximum Gasteiger partial charge on any atom is 0.306 e. The van der Waals surface area contributed by atoms with Crippen LogP contribution in [-0.4, -0.2) is 62.1 Å². The van der Waals surface area contributed by atoms with Crippen molar-refractivity contribution in [1.82, 2.24) is 10.2 Å². The lowest BCUT2D eigenvalue weighted by molar-refractivity contribution is -0.146. The first-order valence-electron chi connectivity index (χ1n) is 7.28. The Balaban J connectivity index is 2.24. The van der Waals surface area contributed by atoms with Crippen LogP contribution in [0.1, 0.15) is 32.6 Å². The van der Waals surface area contributed by atoms with Gasteiger partial charge in [0.25, 0.3) is 0 Å². The lowest BCUT2D eigenvalue weighted by Crippen LogP contribution is -2.47. The molecule has 0 aliphatic carbocycles. The SMILES string of the molecule is CCOC(=O)CCC(=O)N1CCC(NC(=O)COC)CC1. The van der Waals surface area contributed by atoms with Crippen LogP contribution in [0.4, 0.5) is 0 Å². The third kappa shape index (κ3) is 6.57. The number of methoxy groups -OCH3 is 1. The van der Waals surface area contributed by atoms with Crippen molar-refractivity contribution in [2.24, 2.45) is 0 Å². The van der Waals surface area contributed by atoms with Gasteiger partial charge in [-0.15, -0.1) is 0 Å². The van der Waals surface area contributed by atoms with Crippen LogP contribution < -0.4 is 5.32 Å². The number of ether oxygens (including phenoxy) is 2. The topological polar surface area (TPSA) is 84.9 Å². The molecule has 1 N–H and O–H groups in total. The zero-order valence-electron chi connectivity index (χ0n) is 12.7. The minimum Gasteiger partial charge on any atom is -0.466 e. The summed E-state index contributed by atoms with van der Waals surface area (Å²) in [5.74, 6) is -0.512. The third-order valence-corrected chi connectivity index (χ3v) is 3.34. The number of piperidine rings is 1. The number of hydrogen-bond donors (Lipinski definition) is 1. The highest BCUT2D eigenvalue weighted by Crippen LogP contribution is 2.12. The molecule has 7 heteroatoms. The van der Waals surface area contributed by atoms with Crippen molar-refractivity contribution >= 4 is 17.8 Å². The molecule has 0 aromatic carbocycles. The molecule has 1 heterocycles. The third-order valence-electron chi connectivity index (χ3n) is 3.34. The molecule has 2 amide bonds. The molecule has 1 rings (SSSR count). The van der Waals surface area contributed by atoms with Crippen molar-refractivity contribution in [2.45, 2.75) is 38.6 Å². The number of esters is 1. The number of hydrogen-bond acceptors (Lipinski definition) is 5. The number of nitrogens with one attached hydrogen (secondary N) is 1. The van der Waals surface area contributed by atoms with Gasteiger partial charge in [-0.3, -0.25) is 14.4 Å². The Hall–Kier alpha value is -1.63. The van der Waals surface area contributed by atoms with Crippen molar-refractivity contribution in [1.29, 1.82) is 0 Å². The molecule has 0 spiro atoms. The number of carbonyl (C=O) groups excluding carboxylic acids is 3. The summed E-state index contributed by atoms with van der Waals surface area (Å²) in [6.07, 6.45) is 1.75. The maximum absolute atomic E-state index is 11.9. The number of amides is 2. The molecule has 7 nitrogen and oxygen atoms in total. The summed E-state index contributed by atoms with van der Waals surface area (Å²) in [5.41, 5.74) is 0. The van der Waals surface area contributed by atoms with E-state index < -0.39 is 0 Å². The average Bonchev–Trinajstić information content (AvgIpc) is 2.46. The molecule has 0 radical (unpaired) electrons. The van der Waals surface area contributed by atoms with Crippen LogP contribution in [-0.2, 0) is 23.9 Å². The van der Waals surface area contributed by atoms with E-state index >= 15 is 0 Å². The van der Waals surface area contributed by atoms with Crippen LogP contribution in [0.5, 0.6) is 0 Å². The van der Waals surface area contributed by atoms with Crippen LogP contribution in [0.3, 0.4) is 0 Å². The largest absolute Gasteiger partial charge is 0.466 e. The number of nitrogens with zero attached hydrogens (tertiary/aromatic N) is 1. The molecule has 0 atom stereocenters. The molecule has 0 unspecified atom stereocenters. The fourth-order valence-corrected chi connectivity index (χ4v) is 2.27. The van der Waals surface area contributed by atoms with Crippen LogP contribution in [0.15, 0.2) is 0 Å². The predicted octanol–water partition coefficient (Wildman–Crippen LogP) is 0.0833. The molecular formula is C14H24N2O5. The molecule has 120 valence electrons. The molecular weight excluding hydrogens is 276 g/mol. The van der Waals surface area contributed by atoms with Crippen molar-refractivity contribution in [3.63, 3.8) is 0 Å². The second-order valence-electron chi connectivity index (χ2n) is 4.96. The van der Waals surface area contributed by atoms with E-state index in [9.17, 15) is 14.4 Å². The van der Waals surface area contributed by atoms with Crippen molar-refractivity contribution in [3.8, 4) is 0 Å². The summed E-state index contributed by atoms with van der Waals surface area (Å²) in [7, 11) is 1.48. The minimum absolute atomic E-state index is 0.0373. The number of rotatable bonds is 7. The molecule has 0 aromatic rings. The van der Waals surface area contributed by atoms with Gasteiger partial charge in [0.2, 0.25) is 11.8 Å². The summed E-state index contributed by atoms with van der Waals surface area (Å²) < 4.78 is 9.55. The number of carbonyl (C=O) groups is 3. The molecule has 0 saturated carbocycles. The number of likely N-dealkylation sites (tertiary alicyclic amines) is 1. The normalized spacial score (nSPS) is 15.6. The Kier molecular flexibility index (Phi) is 7.74. The summed E-state index contributed by atoms with van der Waals surface area (Å²) in [6.45, 7) is 3.32. The van der Waals surface area contributed by atoms with Gasteiger partial charge in [0.1, 0.15) is 6.61 Å². The molecule has 1 aliphatic rings. The van der Waals surface area contributed by atoms with Crippen LogP contribution >= 0.6 is 0 Å². The predicted molar refractivity (Wildman–Crippen MR) is 75.5 cm³/mol. The van der Waals surface area contributed by atoms with E-state index in [2.05, 4.69) is 5.32 Å². The Bertz CT molecular complexity index is 364. The fourth-order valence-electron chi connectivity index (χ4n) is 2.27. The summed E-state index contributed by atoms with van der Waals surface area (Å²) in [4.78, 5) is 36.3. The fraction of sp³-hybridized carbons (Fsp3) is 0.786. The van der Waals surface area contributed by atoms with E-state index in [1.807, 2.05) is 0 Å². The molecule has 1 aliphatic heterocycles. The molecule has 0 bridgehead atoms. The van der Waals surface area contributed by atoms with Crippen molar-refractivity contribution in [2.75, 3.05) is 33.4 Å². The van der Waals surface area contributed by atoms with Crippen molar-refractivity contribution < 1.29 is 23.9 Å². The lowest BCUT2D eigenvalue weighted by Gasteiger charge is -2.32. The Morgan fingerprint density at radius 1 is 1.19 bits per heavy atom. The first-order valence-corrected chi connectivity index (χ1v) is 7.28. The molecule has 21 heavy (non-hydrogen) atoms. The van der Waals surface area contributed by atoms with Crippen LogP contribution in [0.2, 0.25) is 0 Å². The van der Waals surface area contributed by atoms with E-state index in [1.54, 1.807) is 11.8 Å². The van der Waals surface area contributed by atoms with Gasteiger partial charge in [-0.2, -0.15) is 0 Å². The van der Waals surface area contributed by atoms with Crippen LogP contribution in [0.25, 0.3) is 0 Å². The summed E-state index contributed by atoms with van der Waals surface area (Å²) >= 11 is 0. The van der Waals surface area contributed by atoms with Gasteiger partial charge in [-0.1, -0.05) is 0 Å². The van der Waals surface area contributed by atoms with E-state index in [4.69, 9.17) is 9.47 Å². The van der Waals surface area contributed by atoms with Gasteiger partial charge in [0, 0.05) is 32.7 Å². The first kappa shape index (κ1) is 17.4. The first-order chi connectivity index (χ1) is 10.1.